The van der Waals surface area contributed by atoms with Crippen LogP contribution in [-0.2, 0) is 9.47 Å². The van der Waals surface area contributed by atoms with E-state index in [0.717, 1.165) is 4.90 Å². The Hall–Kier alpha value is -2.47. The largest absolute Gasteiger partial charge is 0.456 e. The fourth-order valence-electron chi connectivity index (χ4n) is 2.54. The number of ether oxygens (including phenoxy) is 2. The van der Waals surface area contributed by atoms with Crippen molar-refractivity contribution in [2.75, 3.05) is 6.61 Å². The van der Waals surface area contributed by atoms with Gasteiger partial charge >= 0.3 is 5.97 Å². The van der Waals surface area contributed by atoms with Gasteiger partial charge in [-0.1, -0.05) is 53.3 Å². The van der Waals surface area contributed by atoms with Crippen molar-refractivity contribution in [1.29, 1.82) is 0 Å². The van der Waals surface area contributed by atoms with E-state index < -0.39 is 18.1 Å². The quantitative estimate of drug-likeness (QED) is 0.344. The molecule has 0 spiro atoms. The first-order chi connectivity index (χ1) is 12.3. The smallest absolute Gasteiger partial charge is 0.338 e. The summed E-state index contributed by atoms with van der Waals surface area (Å²) >= 11 is 1.57. The average molecular weight is 355 g/mol. The minimum atomic E-state index is -0.587. The minimum Gasteiger partial charge on any atom is -0.456 e. The van der Waals surface area contributed by atoms with Crippen molar-refractivity contribution in [2.24, 2.45) is 5.11 Å². The lowest BCUT2D eigenvalue weighted by molar-refractivity contribution is -0.0496. The number of azide groups is 1. The Bertz CT molecular complexity index is 751. The van der Waals surface area contributed by atoms with Gasteiger partial charge < -0.3 is 9.47 Å². The van der Waals surface area contributed by atoms with Crippen LogP contribution < -0.4 is 0 Å². The molecule has 1 heterocycles. The molecule has 2 aromatic rings. The van der Waals surface area contributed by atoms with Gasteiger partial charge in [0, 0.05) is 9.81 Å². The molecular formula is C18H17N3O3S. The molecule has 1 aliphatic rings. The fraction of sp³-hybridized carbons (Fsp3) is 0.278. The molecular weight excluding hydrogens is 338 g/mol. The Balaban J connectivity index is 1.64. The third-order valence-electron chi connectivity index (χ3n) is 3.79. The van der Waals surface area contributed by atoms with E-state index in [1.165, 1.54) is 0 Å². The van der Waals surface area contributed by atoms with Crippen molar-refractivity contribution in [3.63, 3.8) is 0 Å². The first-order valence-electron chi connectivity index (χ1n) is 7.90. The molecule has 1 saturated heterocycles. The van der Waals surface area contributed by atoms with E-state index in [0.29, 0.717) is 12.0 Å². The van der Waals surface area contributed by atoms with Crippen LogP contribution in [0.15, 0.2) is 70.7 Å². The third-order valence-corrected chi connectivity index (χ3v) is 4.92. The van der Waals surface area contributed by atoms with E-state index in [-0.39, 0.29) is 12.0 Å². The second-order valence-corrected chi connectivity index (χ2v) is 6.74. The zero-order chi connectivity index (χ0) is 17.5. The van der Waals surface area contributed by atoms with Gasteiger partial charge in [-0.15, -0.1) is 0 Å². The van der Waals surface area contributed by atoms with Gasteiger partial charge in [0.1, 0.15) is 11.5 Å². The molecule has 0 aromatic heterocycles. The first-order valence-corrected chi connectivity index (χ1v) is 8.78. The lowest BCUT2D eigenvalue weighted by atomic mass is 10.1. The summed E-state index contributed by atoms with van der Waals surface area (Å²) in [4.78, 5) is 16.2. The summed E-state index contributed by atoms with van der Waals surface area (Å²) in [6, 6.07) is 18.1. The lowest BCUT2D eigenvalue weighted by Crippen LogP contribution is -2.42. The number of hydrogen-bond donors (Lipinski definition) is 0. The van der Waals surface area contributed by atoms with Gasteiger partial charge in [-0.25, -0.2) is 4.79 Å². The van der Waals surface area contributed by atoms with Crippen LogP contribution in [0.25, 0.3) is 10.4 Å². The van der Waals surface area contributed by atoms with E-state index in [2.05, 4.69) is 10.0 Å². The van der Waals surface area contributed by atoms with Crippen molar-refractivity contribution < 1.29 is 14.3 Å². The molecule has 0 aliphatic carbocycles. The third kappa shape index (κ3) is 4.76. The van der Waals surface area contributed by atoms with Crippen LogP contribution >= 0.6 is 11.8 Å². The normalized spacial score (nSPS) is 22.6. The molecule has 0 saturated carbocycles. The van der Waals surface area contributed by atoms with Crippen LogP contribution in [0.5, 0.6) is 0 Å². The van der Waals surface area contributed by atoms with Gasteiger partial charge in [0.25, 0.3) is 0 Å². The predicted octanol–water partition coefficient (Wildman–Crippen LogP) is 4.43. The topological polar surface area (TPSA) is 84.3 Å². The van der Waals surface area contributed by atoms with Gasteiger partial charge in [0.05, 0.1) is 18.2 Å². The van der Waals surface area contributed by atoms with Crippen LogP contribution in [0.1, 0.15) is 16.8 Å². The van der Waals surface area contributed by atoms with Crippen molar-refractivity contribution in [3.05, 3.63) is 76.7 Å². The van der Waals surface area contributed by atoms with Gasteiger partial charge in [-0.3, -0.25) is 0 Å². The van der Waals surface area contributed by atoms with Gasteiger partial charge in [-0.2, -0.15) is 0 Å². The molecule has 6 nitrogen and oxygen atoms in total. The molecule has 7 heteroatoms. The number of hydrogen-bond acceptors (Lipinski definition) is 5. The molecule has 1 fully saturated rings. The highest BCUT2D eigenvalue weighted by Crippen LogP contribution is 2.32. The summed E-state index contributed by atoms with van der Waals surface area (Å²) in [7, 11) is 0. The van der Waals surface area contributed by atoms with Crippen LogP contribution in [0.2, 0.25) is 0 Å². The summed E-state index contributed by atoms with van der Waals surface area (Å²) in [6.45, 7) is 0.201. The van der Waals surface area contributed by atoms with Crippen molar-refractivity contribution in [2.45, 2.75) is 28.9 Å². The minimum absolute atomic E-state index is 0.149. The number of carbonyl (C=O) groups excluding carboxylic acids is 1. The highest BCUT2D eigenvalue weighted by Gasteiger charge is 2.34. The van der Waals surface area contributed by atoms with Crippen molar-refractivity contribution in [1.82, 2.24) is 0 Å². The summed E-state index contributed by atoms with van der Waals surface area (Å²) in [5.74, 6) is -0.443. The molecule has 2 aromatic carbocycles. The monoisotopic (exact) mass is 355 g/mol. The molecule has 3 rings (SSSR count). The van der Waals surface area contributed by atoms with Crippen LogP contribution in [0, 0.1) is 0 Å². The average Bonchev–Trinajstić information content (AvgIpc) is 2.65. The van der Waals surface area contributed by atoms with Gasteiger partial charge in [0.2, 0.25) is 0 Å². The molecule has 1 aliphatic heterocycles. The van der Waals surface area contributed by atoms with E-state index in [4.69, 9.17) is 15.0 Å². The zero-order valence-corrected chi connectivity index (χ0v) is 14.2. The second kappa shape index (κ2) is 8.58. The van der Waals surface area contributed by atoms with Crippen LogP contribution in [-0.4, -0.2) is 30.2 Å². The summed E-state index contributed by atoms with van der Waals surface area (Å²) in [5.41, 5.74) is 9.15. The SMILES string of the molecule is [N-]=[N+]=N[C@@H]1C[C@@H](Sc2ccccc2)OC[C@@H]1OC(=O)c1ccccc1. The Kier molecular flexibility index (Phi) is 5.95. The van der Waals surface area contributed by atoms with E-state index >= 15 is 0 Å². The molecule has 3 atom stereocenters. The van der Waals surface area contributed by atoms with Gasteiger partial charge in [0.15, 0.2) is 0 Å². The molecule has 0 radical (unpaired) electrons. The second-order valence-electron chi connectivity index (χ2n) is 5.51. The Morgan fingerprint density at radius 1 is 1.16 bits per heavy atom. The Labute approximate surface area is 149 Å². The van der Waals surface area contributed by atoms with Crippen molar-refractivity contribution in [3.8, 4) is 0 Å². The first kappa shape index (κ1) is 17.4. The van der Waals surface area contributed by atoms with Crippen LogP contribution in [0.3, 0.4) is 0 Å². The maximum Gasteiger partial charge on any atom is 0.338 e. The molecule has 0 unspecified atom stereocenters. The lowest BCUT2D eigenvalue weighted by Gasteiger charge is -2.33. The van der Waals surface area contributed by atoms with E-state index in [1.807, 2.05) is 36.4 Å². The van der Waals surface area contributed by atoms with Gasteiger partial charge in [-0.05, 0) is 36.2 Å². The van der Waals surface area contributed by atoms with E-state index in [9.17, 15) is 4.79 Å². The number of esters is 1. The molecule has 0 bridgehead atoms. The fourth-order valence-corrected chi connectivity index (χ4v) is 3.60. The summed E-state index contributed by atoms with van der Waals surface area (Å²) < 4.78 is 11.3. The van der Waals surface area contributed by atoms with Crippen LogP contribution in [0.4, 0.5) is 0 Å². The predicted molar refractivity (Wildman–Crippen MR) is 95.2 cm³/mol. The molecule has 0 N–H and O–H groups in total. The Morgan fingerprint density at radius 3 is 2.52 bits per heavy atom. The molecule has 0 amide bonds. The molecule has 128 valence electrons. The highest BCUT2D eigenvalue weighted by atomic mass is 32.2. The zero-order valence-electron chi connectivity index (χ0n) is 13.4. The summed E-state index contributed by atoms with van der Waals surface area (Å²) in [5, 5.41) is 3.81. The standard InChI is InChI=1S/C18H17N3O3S/c19-21-20-15-11-17(25-14-9-5-2-6-10-14)23-12-16(15)24-18(22)13-7-3-1-4-8-13/h1-10,15-17H,11-12H2/t15-,16+,17-/m1/s1. The van der Waals surface area contributed by atoms with Crippen molar-refractivity contribution >= 4 is 17.7 Å². The number of rotatable bonds is 5. The number of carbonyl (C=O) groups is 1. The number of benzene rings is 2. The highest BCUT2D eigenvalue weighted by molar-refractivity contribution is 7.99. The van der Waals surface area contributed by atoms with E-state index in [1.54, 1.807) is 36.0 Å². The molecule has 25 heavy (non-hydrogen) atoms. The maximum atomic E-state index is 12.2. The number of thioether (sulfide) groups is 1. The Morgan fingerprint density at radius 2 is 1.84 bits per heavy atom. The summed E-state index contributed by atoms with van der Waals surface area (Å²) in [6.07, 6.45) is -0.104. The maximum absolute atomic E-state index is 12.2. The number of nitrogens with zero attached hydrogens (tertiary/aromatic N) is 3.